The maximum atomic E-state index is 12.0. The Hall–Kier alpha value is -3.20. The number of ether oxygens (including phenoxy) is 3. The van der Waals surface area contributed by atoms with Crippen molar-refractivity contribution in [3.63, 3.8) is 0 Å². The van der Waals surface area contributed by atoms with Gasteiger partial charge in [-0.25, -0.2) is 4.79 Å². The molecule has 3 rings (SSSR count). The van der Waals surface area contributed by atoms with E-state index in [1.165, 1.54) is 0 Å². The molecule has 0 atom stereocenters. The SMILES string of the molecule is CCOc1ccc(OCC(=O)OCC(=O)Nc2cccc3nsnc23)cc1. The quantitative estimate of drug-likeness (QED) is 0.593. The Morgan fingerprint density at radius 2 is 1.74 bits per heavy atom. The molecule has 8 nitrogen and oxygen atoms in total. The summed E-state index contributed by atoms with van der Waals surface area (Å²) in [6.07, 6.45) is 0. The fourth-order valence-electron chi connectivity index (χ4n) is 2.22. The minimum absolute atomic E-state index is 0.299. The molecule has 1 heterocycles. The van der Waals surface area contributed by atoms with Crippen LogP contribution in [0.5, 0.6) is 11.5 Å². The van der Waals surface area contributed by atoms with E-state index in [4.69, 9.17) is 14.2 Å². The molecule has 0 aliphatic heterocycles. The number of benzene rings is 2. The molecular formula is C18H17N3O5S. The lowest BCUT2D eigenvalue weighted by atomic mass is 10.2. The first-order valence-corrected chi connectivity index (χ1v) is 8.91. The van der Waals surface area contributed by atoms with E-state index in [0.717, 1.165) is 17.5 Å². The Bertz CT molecular complexity index is 926. The molecule has 0 aliphatic carbocycles. The number of fused-ring (bicyclic) bond motifs is 1. The molecule has 3 aromatic rings. The van der Waals surface area contributed by atoms with Crippen molar-refractivity contribution < 1.29 is 23.8 Å². The fraction of sp³-hybridized carbons (Fsp3) is 0.222. The van der Waals surface area contributed by atoms with Gasteiger partial charge in [0.05, 0.1) is 24.0 Å². The topological polar surface area (TPSA) is 99.6 Å². The van der Waals surface area contributed by atoms with Crippen molar-refractivity contribution in [2.45, 2.75) is 6.92 Å². The van der Waals surface area contributed by atoms with Crippen LogP contribution in [-0.4, -0.2) is 40.4 Å². The van der Waals surface area contributed by atoms with Crippen molar-refractivity contribution >= 4 is 40.3 Å². The molecule has 1 aromatic heterocycles. The van der Waals surface area contributed by atoms with E-state index in [-0.39, 0.29) is 6.61 Å². The first kappa shape index (κ1) is 18.6. The van der Waals surface area contributed by atoms with Gasteiger partial charge in [-0.05, 0) is 43.3 Å². The highest BCUT2D eigenvalue weighted by atomic mass is 32.1. The second-order valence-electron chi connectivity index (χ2n) is 5.34. The number of amides is 1. The number of hydrogen-bond donors (Lipinski definition) is 1. The highest BCUT2D eigenvalue weighted by Crippen LogP contribution is 2.21. The van der Waals surface area contributed by atoms with Crippen LogP contribution in [-0.2, 0) is 14.3 Å². The van der Waals surface area contributed by atoms with E-state index in [9.17, 15) is 9.59 Å². The standard InChI is InChI=1S/C18H17N3O5S/c1-2-24-12-6-8-13(9-7-12)25-11-17(23)26-10-16(22)19-14-4-3-5-15-18(14)21-27-20-15/h3-9H,2,10-11H2,1H3,(H,19,22). The average Bonchev–Trinajstić information content (AvgIpc) is 3.16. The summed E-state index contributed by atoms with van der Waals surface area (Å²) < 4.78 is 23.8. The normalized spacial score (nSPS) is 10.4. The lowest BCUT2D eigenvalue weighted by Gasteiger charge is -2.09. The Morgan fingerprint density at radius 1 is 1.00 bits per heavy atom. The highest BCUT2D eigenvalue weighted by Gasteiger charge is 2.11. The van der Waals surface area contributed by atoms with Gasteiger partial charge in [0.25, 0.3) is 5.91 Å². The van der Waals surface area contributed by atoms with Crippen LogP contribution in [0.15, 0.2) is 42.5 Å². The van der Waals surface area contributed by atoms with Gasteiger partial charge in [0.15, 0.2) is 13.2 Å². The van der Waals surface area contributed by atoms with E-state index in [2.05, 4.69) is 14.1 Å². The van der Waals surface area contributed by atoms with Crippen molar-refractivity contribution in [1.29, 1.82) is 0 Å². The van der Waals surface area contributed by atoms with Crippen molar-refractivity contribution in [2.24, 2.45) is 0 Å². The number of nitrogens with one attached hydrogen (secondary N) is 1. The smallest absolute Gasteiger partial charge is 0.344 e. The zero-order chi connectivity index (χ0) is 19.1. The largest absolute Gasteiger partial charge is 0.494 e. The number of carbonyl (C=O) groups is 2. The number of hydrogen-bond acceptors (Lipinski definition) is 8. The van der Waals surface area contributed by atoms with Crippen LogP contribution in [0.2, 0.25) is 0 Å². The number of carbonyl (C=O) groups excluding carboxylic acids is 2. The predicted molar refractivity (Wildman–Crippen MR) is 100 cm³/mol. The summed E-state index contributed by atoms with van der Waals surface area (Å²) in [6.45, 7) is 1.75. The van der Waals surface area contributed by atoms with Gasteiger partial charge in [0.1, 0.15) is 22.5 Å². The summed E-state index contributed by atoms with van der Waals surface area (Å²) in [7, 11) is 0. The average molecular weight is 387 g/mol. The highest BCUT2D eigenvalue weighted by molar-refractivity contribution is 7.00. The second-order valence-corrected chi connectivity index (χ2v) is 5.87. The monoisotopic (exact) mass is 387 g/mol. The number of rotatable bonds is 8. The maximum absolute atomic E-state index is 12.0. The molecule has 0 saturated carbocycles. The van der Waals surface area contributed by atoms with Crippen LogP contribution in [0.25, 0.3) is 11.0 Å². The van der Waals surface area contributed by atoms with Crippen molar-refractivity contribution in [3.8, 4) is 11.5 Å². The lowest BCUT2D eigenvalue weighted by Crippen LogP contribution is -2.23. The van der Waals surface area contributed by atoms with Gasteiger partial charge in [-0.15, -0.1) is 0 Å². The molecular weight excluding hydrogens is 370 g/mol. The summed E-state index contributed by atoms with van der Waals surface area (Å²) in [5, 5.41) is 2.65. The summed E-state index contributed by atoms with van der Waals surface area (Å²) in [4.78, 5) is 23.7. The summed E-state index contributed by atoms with van der Waals surface area (Å²) >= 11 is 1.06. The van der Waals surface area contributed by atoms with Crippen molar-refractivity contribution in [3.05, 3.63) is 42.5 Å². The summed E-state index contributed by atoms with van der Waals surface area (Å²) in [5.74, 6) is 0.106. The molecule has 0 unspecified atom stereocenters. The third-order valence-corrected chi connectivity index (χ3v) is 3.96. The van der Waals surface area contributed by atoms with E-state index < -0.39 is 18.5 Å². The van der Waals surface area contributed by atoms with Gasteiger partial charge < -0.3 is 19.5 Å². The van der Waals surface area contributed by atoms with Gasteiger partial charge in [0, 0.05) is 0 Å². The molecule has 9 heteroatoms. The van der Waals surface area contributed by atoms with E-state index >= 15 is 0 Å². The molecule has 1 amide bonds. The molecule has 0 radical (unpaired) electrons. The predicted octanol–water partition coefficient (Wildman–Crippen LogP) is 2.65. The Morgan fingerprint density at radius 3 is 2.48 bits per heavy atom. The van der Waals surface area contributed by atoms with Gasteiger partial charge in [-0.3, -0.25) is 4.79 Å². The maximum Gasteiger partial charge on any atom is 0.344 e. The third kappa shape index (κ3) is 5.14. The molecule has 27 heavy (non-hydrogen) atoms. The zero-order valence-electron chi connectivity index (χ0n) is 14.5. The fourth-order valence-corrected chi connectivity index (χ4v) is 2.77. The van der Waals surface area contributed by atoms with Gasteiger partial charge in [-0.1, -0.05) is 6.07 Å². The number of aromatic nitrogens is 2. The Labute approximate surface area is 159 Å². The first-order chi connectivity index (χ1) is 13.2. The summed E-state index contributed by atoms with van der Waals surface area (Å²) in [6, 6.07) is 12.1. The van der Waals surface area contributed by atoms with Crippen LogP contribution in [0.4, 0.5) is 5.69 Å². The van der Waals surface area contributed by atoms with E-state index in [1.54, 1.807) is 42.5 Å². The lowest BCUT2D eigenvalue weighted by molar-refractivity contribution is -0.149. The molecule has 0 fully saturated rings. The van der Waals surface area contributed by atoms with Crippen LogP contribution in [0.3, 0.4) is 0 Å². The molecule has 0 aliphatic rings. The number of esters is 1. The molecule has 140 valence electrons. The molecule has 0 spiro atoms. The van der Waals surface area contributed by atoms with Crippen molar-refractivity contribution in [2.75, 3.05) is 25.1 Å². The van der Waals surface area contributed by atoms with Gasteiger partial charge in [-0.2, -0.15) is 8.75 Å². The minimum Gasteiger partial charge on any atom is -0.494 e. The number of anilines is 1. The Balaban J connectivity index is 1.43. The minimum atomic E-state index is -0.646. The van der Waals surface area contributed by atoms with Crippen LogP contribution < -0.4 is 14.8 Å². The third-order valence-electron chi connectivity index (χ3n) is 3.42. The van der Waals surface area contributed by atoms with Crippen molar-refractivity contribution in [1.82, 2.24) is 8.75 Å². The first-order valence-electron chi connectivity index (χ1n) is 8.18. The zero-order valence-corrected chi connectivity index (χ0v) is 15.3. The van der Waals surface area contributed by atoms with E-state index in [0.29, 0.717) is 29.1 Å². The van der Waals surface area contributed by atoms with Crippen LogP contribution in [0, 0.1) is 0 Å². The van der Waals surface area contributed by atoms with Crippen LogP contribution in [0.1, 0.15) is 6.92 Å². The second kappa shape index (κ2) is 8.95. The number of nitrogens with zero attached hydrogens (tertiary/aromatic N) is 2. The van der Waals surface area contributed by atoms with Gasteiger partial charge >= 0.3 is 5.97 Å². The van der Waals surface area contributed by atoms with Crippen LogP contribution >= 0.6 is 11.7 Å². The molecule has 2 aromatic carbocycles. The van der Waals surface area contributed by atoms with E-state index in [1.807, 2.05) is 6.92 Å². The molecule has 0 bridgehead atoms. The molecule has 0 saturated heterocycles. The molecule has 1 N–H and O–H groups in total. The Kier molecular flexibility index (Phi) is 6.16. The van der Waals surface area contributed by atoms with Gasteiger partial charge in [0.2, 0.25) is 0 Å². The summed E-state index contributed by atoms with van der Waals surface area (Å²) in [5.41, 5.74) is 1.81.